The minimum atomic E-state index is -0.0354. The second kappa shape index (κ2) is 8.63. The number of carbonyl (C=O) groups excluding carboxylic acids is 1. The van der Waals surface area contributed by atoms with Crippen LogP contribution in [-0.2, 0) is 13.0 Å². The number of rotatable bonds is 7. The number of hydrogen-bond acceptors (Lipinski definition) is 4. The lowest BCUT2D eigenvalue weighted by molar-refractivity contribution is 0.0939. The van der Waals surface area contributed by atoms with E-state index in [-0.39, 0.29) is 11.9 Å². The van der Waals surface area contributed by atoms with Crippen LogP contribution in [0.25, 0.3) is 0 Å². The van der Waals surface area contributed by atoms with Gasteiger partial charge in [-0.2, -0.15) is 11.3 Å². The highest BCUT2D eigenvalue weighted by Crippen LogP contribution is 2.20. The van der Waals surface area contributed by atoms with E-state index in [0.29, 0.717) is 12.1 Å². The number of nitrogens with one attached hydrogen (secondary N) is 2. The van der Waals surface area contributed by atoms with Crippen LogP contribution in [0.2, 0.25) is 0 Å². The van der Waals surface area contributed by atoms with Gasteiger partial charge in [-0.05, 0) is 72.5 Å². The number of nitrogens with zero attached hydrogens (tertiary/aromatic N) is 1. The lowest BCUT2D eigenvalue weighted by Gasteiger charge is -2.16. The second-order valence-electron chi connectivity index (χ2n) is 6.36. The molecule has 2 N–H and O–H groups in total. The highest BCUT2D eigenvalue weighted by atomic mass is 32.1. The Bertz CT molecular complexity index is 847. The third-order valence-electron chi connectivity index (χ3n) is 4.26. The van der Waals surface area contributed by atoms with Crippen molar-refractivity contribution in [3.8, 4) is 0 Å². The molecule has 26 heavy (non-hydrogen) atoms. The molecule has 134 valence electrons. The molecule has 3 rings (SSSR count). The number of carbonyl (C=O) groups is 1. The summed E-state index contributed by atoms with van der Waals surface area (Å²) in [6.07, 6.45) is 2.62. The second-order valence-corrected chi connectivity index (χ2v) is 7.14. The number of hydrogen-bond donors (Lipinski definition) is 2. The van der Waals surface area contributed by atoms with Crippen molar-refractivity contribution in [3.63, 3.8) is 0 Å². The largest absolute Gasteiger partial charge is 0.379 e. The Hall–Kier alpha value is -2.66. The first-order valence-corrected chi connectivity index (χ1v) is 9.63. The standard InChI is InChI=1S/C21H23N3OS/c1-15(12-17-9-11-26-14-17)24-21(25)19-7-5-8-20(16(19)2)23-13-18-6-3-4-10-22-18/h3-11,14-15,23H,12-13H2,1-2H3,(H,24,25)/t15-/m0/s1. The molecule has 0 saturated carbocycles. The molecule has 0 aliphatic carbocycles. The van der Waals surface area contributed by atoms with E-state index < -0.39 is 0 Å². The average Bonchev–Trinajstić information content (AvgIpc) is 3.14. The molecule has 4 nitrogen and oxygen atoms in total. The summed E-state index contributed by atoms with van der Waals surface area (Å²) in [6.45, 7) is 4.63. The number of benzene rings is 1. The van der Waals surface area contributed by atoms with E-state index in [4.69, 9.17) is 0 Å². The van der Waals surface area contributed by atoms with Crippen LogP contribution in [-0.4, -0.2) is 16.9 Å². The molecule has 1 atom stereocenters. The summed E-state index contributed by atoms with van der Waals surface area (Å²) >= 11 is 1.68. The number of aromatic nitrogens is 1. The molecule has 0 aliphatic rings. The van der Waals surface area contributed by atoms with Gasteiger partial charge in [0, 0.05) is 23.5 Å². The summed E-state index contributed by atoms with van der Waals surface area (Å²) in [6, 6.07) is 13.8. The molecule has 3 aromatic rings. The van der Waals surface area contributed by atoms with Gasteiger partial charge < -0.3 is 10.6 Å². The fraction of sp³-hybridized carbons (Fsp3) is 0.238. The van der Waals surface area contributed by atoms with Crippen molar-refractivity contribution in [3.05, 3.63) is 81.8 Å². The van der Waals surface area contributed by atoms with Crippen LogP contribution in [0, 0.1) is 6.92 Å². The molecule has 0 aliphatic heterocycles. The Morgan fingerprint density at radius 3 is 2.81 bits per heavy atom. The smallest absolute Gasteiger partial charge is 0.251 e. The van der Waals surface area contributed by atoms with Crippen LogP contribution in [0.4, 0.5) is 5.69 Å². The fourth-order valence-corrected chi connectivity index (χ4v) is 3.56. The van der Waals surface area contributed by atoms with Crippen LogP contribution >= 0.6 is 11.3 Å². The van der Waals surface area contributed by atoms with Gasteiger partial charge in [-0.3, -0.25) is 9.78 Å². The lowest BCUT2D eigenvalue weighted by Crippen LogP contribution is -2.34. The van der Waals surface area contributed by atoms with Crippen molar-refractivity contribution in [2.24, 2.45) is 0 Å². The molecule has 0 unspecified atom stereocenters. The van der Waals surface area contributed by atoms with Crippen molar-refractivity contribution < 1.29 is 4.79 Å². The topological polar surface area (TPSA) is 54.0 Å². The minimum Gasteiger partial charge on any atom is -0.379 e. The minimum absolute atomic E-state index is 0.0354. The first kappa shape index (κ1) is 18.1. The molecule has 2 heterocycles. The van der Waals surface area contributed by atoms with Crippen molar-refractivity contribution in [1.29, 1.82) is 0 Å². The van der Waals surface area contributed by atoms with Gasteiger partial charge in [0.1, 0.15) is 0 Å². The Morgan fingerprint density at radius 2 is 2.08 bits per heavy atom. The van der Waals surface area contributed by atoms with E-state index >= 15 is 0 Å². The van der Waals surface area contributed by atoms with Gasteiger partial charge in [0.05, 0.1) is 12.2 Å². The summed E-state index contributed by atoms with van der Waals surface area (Å²) in [4.78, 5) is 17.0. The predicted octanol–water partition coefficient (Wildman–Crippen LogP) is 4.42. The Labute approximate surface area is 158 Å². The van der Waals surface area contributed by atoms with Crippen LogP contribution in [0.3, 0.4) is 0 Å². The number of pyridine rings is 1. The number of thiophene rings is 1. The lowest BCUT2D eigenvalue weighted by atomic mass is 10.0. The molecule has 1 aromatic carbocycles. The Kier molecular flexibility index (Phi) is 6.02. The van der Waals surface area contributed by atoms with E-state index in [1.807, 2.05) is 50.2 Å². The zero-order valence-electron chi connectivity index (χ0n) is 15.0. The SMILES string of the molecule is Cc1c(NCc2ccccn2)cccc1C(=O)N[C@@H](C)Cc1ccsc1. The van der Waals surface area contributed by atoms with E-state index in [1.54, 1.807) is 17.5 Å². The van der Waals surface area contributed by atoms with Crippen LogP contribution in [0.5, 0.6) is 0 Å². The van der Waals surface area contributed by atoms with Gasteiger partial charge in [0.25, 0.3) is 5.91 Å². The third-order valence-corrected chi connectivity index (χ3v) is 5.00. The van der Waals surface area contributed by atoms with Gasteiger partial charge in [0.2, 0.25) is 0 Å². The number of amides is 1. The maximum Gasteiger partial charge on any atom is 0.251 e. The molecule has 1 amide bonds. The average molecular weight is 366 g/mol. The normalized spacial score (nSPS) is 11.8. The van der Waals surface area contributed by atoms with E-state index in [1.165, 1.54) is 5.56 Å². The van der Waals surface area contributed by atoms with Crippen molar-refractivity contribution >= 4 is 22.9 Å². The molecular weight excluding hydrogens is 342 g/mol. The van der Waals surface area contributed by atoms with Gasteiger partial charge in [-0.25, -0.2) is 0 Å². The predicted molar refractivity (Wildman–Crippen MR) is 108 cm³/mol. The van der Waals surface area contributed by atoms with Crippen LogP contribution in [0.1, 0.15) is 34.1 Å². The molecule has 0 radical (unpaired) electrons. The summed E-state index contributed by atoms with van der Waals surface area (Å²) < 4.78 is 0. The molecular formula is C21H23N3OS. The molecule has 0 spiro atoms. The molecule has 2 aromatic heterocycles. The van der Waals surface area contributed by atoms with Crippen LogP contribution in [0.15, 0.2) is 59.4 Å². The van der Waals surface area contributed by atoms with E-state index in [0.717, 1.165) is 23.4 Å². The zero-order chi connectivity index (χ0) is 18.4. The molecule has 5 heteroatoms. The molecule has 0 fully saturated rings. The Balaban J connectivity index is 1.64. The van der Waals surface area contributed by atoms with Gasteiger partial charge in [-0.15, -0.1) is 0 Å². The zero-order valence-corrected chi connectivity index (χ0v) is 15.8. The first-order valence-electron chi connectivity index (χ1n) is 8.69. The quantitative estimate of drug-likeness (QED) is 0.651. The van der Waals surface area contributed by atoms with Gasteiger partial charge in [-0.1, -0.05) is 12.1 Å². The van der Waals surface area contributed by atoms with Gasteiger partial charge >= 0.3 is 0 Å². The van der Waals surface area contributed by atoms with E-state index in [2.05, 4.69) is 32.4 Å². The maximum absolute atomic E-state index is 12.7. The van der Waals surface area contributed by atoms with Crippen molar-refractivity contribution in [1.82, 2.24) is 10.3 Å². The molecule has 0 saturated heterocycles. The monoisotopic (exact) mass is 365 g/mol. The van der Waals surface area contributed by atoms with Gasteiger partial charge in [0.15, 0.2) is 0 Å². The fourth-order valence-electron chi connectivity index (χ4n) is 2.88. The van der Waals surface area contributed by atoms with Crippen molar-refractivity contribution in [2.45, 2.75) is 32.9 Å². The maximum atomic E-state index is 12.7. The number of anilines is 1. The highest BCUT2D eigenvalue weighted by molar-refractivity contribution is 7.07. The van der Waals surface area contributed by atoms with Crippen LogP contribution < -0.4 is 10.6 Å². The van der Waals surface area contributed by atoms with E-state index in [9.17, 15) is 4.79 Å². The highest BCUT2D eigenvalue weighted by Gasteiger charge is 2.14. The summed E-state index contributed by atoms with van der Waals surface area (Å²) in [7, 11) is 0. The third kappa shape index (κ3) is 4.70. The molecule has 0 bridgehead atoms. The Morgan fingerprint density at radius 1 is 1.19 bits per heavy atom. The summed E-state index contributed by atoms with van der Waals surface area (Å²) in [5.74, 6) is -0.0354. The van der Waals surface area contributed by atoms with Crippen molar-refractivity contribution in [2.75, 3.05) is 5.32 Å². The summed E-state index contributed by atoms with van der Waals surface area (Å²) in [5, 5.41) is 10.7. The summed E-state index contributed by atoms with van der Waals surface area (Å²) in [5.41, 5.74) is 4.82. The first-order chi connectivity index (χ1) is 12.6.